The second-order valence-electron chi connectivity index (χ2n) is 6.98. The molecule has 6 nitrogen and oxygen atoms in total. The van der Waals surface area contributed by atoms with Crippen molar-refractivity contribution in [2.24, 2.45) is 0 Å². The molecular formula is C19H26N4O2S3. The number of rotatable bonds is 8. The molecule has 0 radical (unpaired) electrons. The third kappa shape index (κ3) is 6.12. The van der Waals surface area contributed by atoms with E-state index in [1.165, 1.54) is 11.8 Å². The number of thiophene rings is 1. The molecule has 1 aromatic rings. The Kier molecular flexibility index (Phi) is 8.04. The van der Waals surface area contributed by atoms with Crippen molar-refractivity contribution in [3.05, 3.63) is 27.3 Å². The molecule has 0 aliphatic carbocycles. The first-order valence-electron chi connectivity index (χ1n) is 9.55. The molecular weight excluding hydrogens is 412 g/mol. The Labute approximate surface area is 179 Å². The molecule has 0 spiro atoms. The van der Waals surface area contributed by atoms with Crippen molar-refractivity contribution in [2.75, 3.05) is 39.8 Å². The minimum Gasteiger partial charge on any atom is -0.304 e. The Morgan fingerprint density at radius 1 is 1.25 bits per heavy atom. The number of thioether (sulfide) groups is 1. The SMILES string of the molecule is CN1CCN(NC(=O)CCCCCN2C(=O)C(=Cc3cccs3)SC2=S)CC1. The Morgan fingerprint density at radius 2 is 2.04 bits per heavy atom. The largest absolute Gasteiger partial charge is 0.304 e. The number of nitrogens with zero attached hydrogens (tertiary/aromatic N) is 3. The van der Waals surface area contributed by atoms with E-state index >= 15 is 0 Å². The lowest BCUT2D eigenvalue weighted by Crippen LogP contribution is -2.52. The van der Waals surface area contributed by atoms with Crippen LogP contribution in [0.25, 0.3) is 6.08 Å². The van der Waals surface area contributed by atoms with Crippen LogP contribution in [0.5, 0.6) is 0 Å². The van der Waals surface area contributed by atoms with Gasteiger partial charge in [-0.1, -0.05) is 36.5 Å². The zero-order chi connectivity index (χ0) is 19.9. The van der Waals surface area contributed by atoms with Crippen LogP contribution in [-0.4, -0.2) is 70.7 Å². The lowest BCUT2D eigenvalue weighted by Gasteiger charge is -2.32. The molecule has 0 aromatic carbocycles. The van der Waals surface area contributed by atoms with Crippen LogP contribution in [0.1, 0.15) is 30.6 Å². The van der Waals surface area contributed by atoms with Gasteiger partial charge in [-0.2, -0.15) is 0 Å². The van der Waals surface area contributed by atoms with Crippen LogP contribution in [0.3, 0.4) is 0 Å². The first-order valence-corrected chi connectivity index (χ1v) is 11.7. The van der Waals surface area contributed by atoms with E-state index in [1.807, 2.05) is 28.6 Å². The Balaban J connectivity index is 1.33. The van der Waals surface area contributed by atoms with Gasteiger partial charge in [0.1, 0.15) is 4.32 Å². The standard InChI is InChI=1S/C19H26N4O2S3/c1-21-9-11-22(12-10-21)20-17(24)7-3-2-4-8-23-18(25)16(28-19(23)26)14-15-6-5-13-27-15/h5-6,13-14H,2-4,7-12H2,1H3,(H,20,24). The highest BCUT2D eigenvalue weighted by Gasteiger charge is 2.31. The number of hydrogen-bond donors (Lipinski definition) is 1. The van der Waals surface area contributed by atoms with E-state index in [0.29, 0.717) is 22.2 Å². The first kappa shape index (κ1) is 21.4. The van der Waals surface area contributed by atoms with Crippen molar-refractivity contribution in [2.45, 2.75) is 25.7 Å². The molecule has 1 N–H and O–H groups in total. The van der Waals surface area contributed by atoms with Gasteiger partial charge >= 0.3 is 0 Å². The molecule has 2 amide bonds. The predicted octanol–water partition coefficient (Wildman–Crippen LogP) is 2.79. The van der Waals surface area contributed by atoms with Crippen LogP contribution < -0.4 is 5.43 Å². The van der Waals surface area contributed by atoms with Crippen LogP contribution in [0.2, 0.25) is 0 Å². The van der Waals surface area contributed by atoms with Gasteiger partial charge in [-0.05, 0) is 37.4 Å². The highest BCUT2D eigenvalue weighted by Crippen LogP contribution is 2.33. The van der Waals surface area contributed by atoms with E-state index in [2.05, 4.69) is 17.4 Å². The van der Waals surface area contributed by atoms with Gasteiger partial charge in [0.2, 0.25) is 5.91 Å². The summed E-state index contributed by atoms with van der Waals surface area (Å²) in [7, 11) is 2.09. The Bertz CT molecular complexity index is 728. The summed E-state index contributed by atoms with van der Waals surface area (Å²) in [6, 6.07) is 3.96. The van der Waals surface area contributed by atoms with Gasteiger partial charge in [-0.25, -0.2) is 5.01 Å². The summed E-state index contributed by atoms with van der Waals surface area (Å²) >= 11 is 8.34. The third-order valence-corrected chi connectivity index (χ3v) is 6.96. The van der Waals surface area contributed by atoms with Crippen LogP contribution >= 0.6 is 35.3 Å². The van der Waals surface area contributed by atoms with Crippen LogP contribution in [-0.2, 0) is 9.59 Å². The monoisotopic (exact) mass is 438 g/mol. The van der Waals surface area contributed by atoms with Crippen LogP contribution in [0.15, 0.2) is 22.4 Å². The maximum atomic E-state index is 12.5. The molecule has 0 atom stereocenters. The summed E-state index contributed by atoms with van der Waals surface area (Å²) in [5.41, 5.74) is 2.98. The molecule has 152 valence electrons. The summed E-state index contributed by atoms with van der Waals surface area (Å²) in [5.74, 6) is 0.0743. The predicted molar refractivity (Wildman–Crippen MR) is 120 cm³/mol. The van der Waals surface area contributed by atoms with Gasteiger partial charge < -0.3 is 4.90 Å². The molecule has 0 saturated carbocycles. The topological polar surface area (TPSA) is 55.9 Å². The van der Waals surface area contributed by atoms with Crippen LogP contribution in [0.4, 0.5) is 0 Å². The number of thiocarbonyl (C=S) groups is 1. The normalized spacial score (nSPS) is 20.3. The van der Waals surface area contributed by atoms with Gasteiger partial charge in [0.05, 0.1) is 4.91 Å². The fourth-order valence-electron chi connectivity index (χ4n) is 3.08. The number of piperazine rings is 1. The molecule has 2 aliphatic heterocycles. The average Bonchev–Trinajstić information content (AvgIpc) is 3.27. The number of carbonyl (C=O) groups is 2. The molecule has 0 unspecified atom stereocenters. The second-order valence-corrected chi connectivity index (χ2v) is 9.64. The molecule has 2 saturated heterocycles. The second kappa shape index (κ2) is 10.5. The lowest BCUT2D eigenvalue weighted by atomic mass is 10.2. The van der Waals surface area contributed by atoms with Gasteiger partial charge in [-0.3, -0.25) is 19.9 Å². The minimum atomic E-state index is -0.00351. The van der Waals surface area contributed by atoms with Crippen molar-refractivity contribution in [1.82, 2.24) is 20.2 Å². The number of likely N-dealkylation sites (N-methyl/N-ethyl adjacent to an activating group) is 1. The van der Waals surface area contributed by atoms with Crippen molar-refractivity contribution in [3.8, 4) is 0 Å². The van der Waals surface area contributed by atoms with Crippen LogP contribution in [0, 0.1) is 0 Å². The highest BCUT2D eigenvalue weighted by atomic mass is 32.2. The summed E-state index contributed by atoms with van der Waals surface area (Å²) in [6.07, 6.45) is 4.99. The molecule has 3 rings (SSSR count). The summed E-state index contributed by atoms with van der Waals surface area (Å²) < 4.78 is 0.626. The van der Waals surface area contributed by atoms with Gasteiger partial charge in [0, 0.05) is 44.0 Å². The Morgan fingerprint density at radius 3 is 2.75 bits per heavy atom. The number of hydrazine groups is 1. The number of carbonyl (C=O) groups excluding carboxylic acids is 2. The van der Waals surface area contributed by atoms with Crippen molar-refractivity contribution < 1.29 is 9.59 Å². The maximum Gasteiger partial charge on any atom is 0.266 e. The average molecular weight is 439 g/mol. The van der Waals surface area contributed by atoms with E-state index < -0.39 is 0 Å². The van der Waals surface area contributed by atoms with E-state index in [-0.39, 0.29) is 11.8 Å². The molecule has 0 bridgehead atoms. The molecule has 2 aliphatic rings. The third-order valence-electron chi connectivity index (χ3n) is 4.76. The van der Waals surface area contributed by atoms with E-state index in [1.54, 1.807) is 16.2 Å². The van der Waals surface area contributed by atoms with Gasteiger partial charge in [0.15, 0.2) is 0 Å². The molecule has 1 aromatic heterocycles. The molecule has 2 fully saturated rings. The smallest absolute Gasteiger partial charge is 0.266 e. The number of nitrogens with one attached hydrogen (secondary N) is 1. The minimum absolute atomic E-state index is 0.00351. The van der Waals surface area contributed by atoms with Gasteiger partial charge in [0.25, 0.3) is 5.91 Å². The maximum absolute atomic E-state index is 12.5. The van der Waals surface area contributed by atoms with E-state index in [9.17, 15) is 9.59 Å². The van der Waals surface area contributed by atoms with E-state index in [4.69, 9.17) is 12.2 Å². The highest BCUT2D eigenvalue weighted by molar-refractivity contribution is 8.26. The number of unbranched alkanes of at least 4 members (excludes halogenated alkanes) is 2. The molecule has 3 heterocycles. The first-order chi connectivity index (χ1) is 13.5. The van der Waals surface area contributed by atoms with Crippen molar-refractivity contribution in [1.29, 1.82) is 0 Å². The molecule has 9 heteroatoms. The van der Waals surface area contributed by atoms with Gasteiger partial charge in [-0.15, -0.1) is 11.3 Å². The quantitative estimate of drug-likeness (QED) is 0.383. The Hall–Kier alpha value is -1.26. The zero-order valence-electron chi connectivity index (χ0n) is 16.1. The van der Waals surface area contributed by atoms with Crippen molar-refractivity contribution in [3.63, 3.8) is 0 Å². The number of hydrogen-bond acceptors (Lipinski definition) is 7. The zero-order valence-corrected chi connectivity index (χ0v) is 18.5. The number of amides is 2. The summed E-state index contributed by atoms with van der Waals surface area (Å²) in [5, 5.41) is 3.99. The fourth-order valence-corrected chi connectivity index (χ4v) is 5.11. The van der Waals surface area contributed by atoms with Crippen molar-refractivity contribution >= 4 is 57.5 Å². The summed E-state index contributed by atoms with van der Waals surface area (Å²) in [4.78, 5) is 30.3. The van der Waals surface area contributed by atoms with E-state index in [0.717, 1.165) is 50.3 Å². The molecule has 28 heavy (non-hydrogen) atoms. The summed E-state index contributed by atoms with van der Waals surface area (Å²) in [6.45, 7) is 4.31. The fraction of sp³-hybridized carbons (Fsp3) is 0.526. The lowest BCUT2D eigenvalue weighted by molar-refractivity contribution is -0.127.